The van der Waals surface area contributed by atoms with Gasteiger partial charge in [0, 0.05) is 9.86 Å². The van der Waals surface area contributed by atoms with Gasteiger partial charge in [-0.1, -0.05) is 22.0 Å². The summed E-state index contributed by atoms with van der Waals surface area (Å²) in [6.07, 6.45) is -9.07. The molecule has 174 valence electrons. The van der Waals surface area contributed by atoms with Crippen LogP contribution in [-0.4, -0.2) is 33.4 Å². The summed E-state index contributed by atoms with van der Waals surface area (Å²) in [7, 11) is 0. The Kier molecular flexibility index (Phi) is 6.08. The van der Waals surface area contributed by atoms with Crippen LogP contribution < -0.4 is 4.74 Å². The van der Waals surface area contributed by atoms with Crippen molar-refractivity contribution in [1.29, 1.82) is 0 Å². The third kappa shape index (κ3) is 5.46. The van der Waals surface area contributed by atoms with E-state index in [1.165, 1.54) is 6.07 Å². The molecule has 1 N–H and O–H groups in total. The number of nitrogens with one attached hydrogen (secondary N) is 1. The number of benzene rings is 2. The maximum absolute atomic E-state index is 13.4. The molecule has 0 saturated carbocycles. The molecular formula is C20H13BrF6N4O2. The van der Waals surface area contributed by atoms with Crippen LogP contribution in [0.3, 0.4) is 0 Å². The number of alkyl halides is 6. The second-order valence-electron chi connectivity index (χ2n) is 7.06. The minimum atomic E-state index is -4.86. The summed E-state index contributed by atoms with van der Waals surface area (Å²) in [6.45, 7) is -1.81. The lowest BCUT2D eigenvalue weighted by Gasteiger charge is -2.16. The number of nitrogens with zero attached hydrogens (tertiary/aromatic N) is 3. The molecule has 6 nitrogen and oxygen atoms in total. The molecule has 0 amide bonds. The van der Waals surface area contributed by atoms with E-state index in [0.717, 1.165) is 27.6 Å². The first-order valence-corrected chi connectivity index (χ1v) is 10.1. The van der Waals surface area contributed by atoms with Crippen LogP contribution in [0.25, 0.3) is 22.6 Å². The quantitative estimate of drug-likeness (QED) is 0.301. The van der Waals surface area contributed by atoms with Crippen molar-refractivity contribution < 1.29 is 35.5 Å². The molecule has 0 atom stereocenters. The summed E-state index contributed by atoms with van der Waals surface area (Å²) in [5.74, 6) is -0.195. The van der Waals surface area contributed by atoms with Gasteiger partial charge in [0.15, 0.2) is 12.4 Å². The van der Waals surface area contributed by atoms with Crippen molar-refractivity contribution in [1.82, 2.24) is 20.6 Å². The van der Waals surface area contributed by atoms with Crippen LogP contribution in [0, 0.1) is 0 Å². The van der Waals surface area contributed by atoms with E-state index in [0.29, 0.717) is 23.3 Å². The van der Waals surface area contributed by atoms with Gasteiger partial charge in [-0.05, 0) is 59.5 Å². The summed E-state index contributed by atoms with van der Waals surface area (Å²) in [5, 5.41) is 14.2. The van der Waals surface area contributed by atoms with Crippen molar-refractivity contribution in [3.63, 3.8) is 0 Å². The zero-order valence-corrected chi connectivity index (χ0v) is 18.0. The van der Waals surface area contributed by atoms with E-state index in [2.05, 4.69) is 41.3 Å². The van der Waals surface area contributed by atoms with Crippen molar-refractivity contribution >= 4 is 26.9 Å². The summed E-state index contributed by atoms with van der Waals surface area (Å²) < 4.78 is 88.0. The van der Waals surface area contributed by atoms with E-state index >= 15 is 0 Å². The van der Waals surface area contributed by atoms with Crippen molar-refractivity contribution in [3.05, 3.63) is 57.6 Å². The highest BCUT2D eigenvalue weighted by Gasteiger charge is 2.36. The smallest absolute Gasteiger partial charge is 0.422 e. The molecule has 4 rings (SSSR count). The lowest BCUT2D eigenvalue weighted by atomic mass is 10.0. The standard InChI is InChI=1S/C20H13BrF6N4O2/c21-14-6-12-8-17(18-28-30-31-29-18)33-16(12)7-11(14)3-1-10-2-4-15(32-9-19(22,23)24)13(5-10)20(25,26)27/h2,4-8H,1,3,9H2,(H,28,29,30,31). The molecule has 4 aromatic rings. The van der Waals surface area contributed by atoms with Gasteiger partial charge in [-0.15, -0.1) is 10.2 Å². The topological polar surface area (TPSA) is 76.8 Å². The monoisotopic (exact) mass is 534 g/mol. The second kappa shape index (κ2) is 8.69. The highest BCUT2D eigenvalue weighted by atomic mass is 79.9. The number of fused-ring (bicyclic) bond motifs is 1. The maximum atomic E-state index is 13.4. The molecule has 2 heterocycles. The van der Waals surface area contributed by atoms with Gasteiger partial charge in [0.2, 0.25) is 5.82 Å². The van der Waals surface area contributed by atoms with Crippen LogP contribution in [0.1, 0.15) is 16.7 Å². The highest BCUT2D eigenvalue weighted by Crippen LogP contribution is 2.38. The zero-order chi connectivity index (χ0) is 23.8. The maximum Gasteiger partial charge on any atom is 0.422 e. The lowest BCUT2D eigenvalue weighted by Crippen LogP contribution is -2.21. The second-order valence-corrected chi connectivity index (χ2v) is 7.91. The average molecular weight is 535 g/mol. The molecule has 13 heteroatoms. The molecule has 2 aromatic carbocycles. The van der Waals surface area contributed by atoms with Crippen LogP contribution in [0.15, 0.2) is 45.3 Å². The normalized spacial score (nSPS) is 12.5. The van der Waals surface area contributed by atoms with Gasteiger partial charge in [-0.2, -0.15) is 31.6 Å². The lowest BCUT2D eigenvalue weighted by molar-refractivity contribution is -0.158. The molecule has 0 radical (unpaired) electrons. The van der Waals surface area contributed by atoms with Crippen LogP contribution in [0.5, 0.6) is 5.75 Å². The number of furan rings is 1. The Morgan fingerprint density at radius 3 is 2.45 bits per heavy atom. The largest absolute Gasteiger partial charge is 0.483 e. The van der Waals surface area contributed by atoms with Crippen molar-refractivity contribution in [2.24, 2.45) is 0 Å². The molecule has 0 aliphatic heterocycles. The molecule has 0 saturated heterocycles. The summed E-state index contributed by atoms with van der Waals surface area (Å²) >= 11 is 3.45. The number of H-pyrrole nitrogens is 1. The number of hydrogen-bond acceptors (Lipinski definition) is 5. The molecule has 0 spiro atoms. The van der Waals surface area contributed by atoms with E-state index in [4.69, 9.17) is 4.42 Å². The molecule has 0 unspecified atom stereocenters. The number of hydrogen-bond donors (Lipinski definition) is 1. The molecule has 0 bridgehead atoms. The molecular weight excluding hydrogens is 522 g/mol. The first kappa shape index (κ1) is 23.1. The first-order chi connectivity index (χ1) is 15.5. The van der Waals surface area contributed by atoms with E-state index < -0.39 is 30.3 Å². The van der Waals surface area contributed by atoms with Crippen LogP contribution in [0.4, 0.5) is 26.3 Å². The molecule has 33 heavy (non-hydrogen) atoms. The zero-order valence-electron chi connectivity index (χ0n) is 16.4. The van der Waals surface area contributed by atoms with Crippen molar-refractivity contribution in [2.75, 3.05) is 6.61 Å². The fourth-order valence-electron chi connectivity index (χ4n) is 3.19. The number of rotatable bonds is 6. The van der Waals surface area contributed by atoms with E-state index in [1.807, 2.05) is 0 Å². The van der Waals surface area contributed by atoms with Gasteiger partial charge in [0.1, 0.15) is 11.3 Å². The number of ether oxygens (including phenoxy) is 1. The van der Waals surface area contributed by atoms with E-state index in [-0.39, 0.29) is 12.2 Å². The number of aromatic amines is 1. The van der Waals surface area contributed by atoms with Gasteiger partial charge in [-0.3, -0.25) is 0 Å². The average Bonchev–Trinajstić information content (AvgIpc) is 3.39. The fraction of sp³-hybridized carbons (Fsp3) is 0.250. The van der Waals surface area contributed by atoms with Gasteiger partial charge >= 0.3 is 12.4 Å². The number of aryl methyl sites for hydroxylation is 2. The summed E-state index contributed by atoms with van der Waals surface area (Å²) in [4.78, 5) is 0. The van der Waals surface area contributed by atoms with Crippen LogP contribution >= 0.6 is 15.9 Å². The van der Waals surface area contributed by atoms with Crippen LogP contribution in [-0.2, 0) is 19.0 Å². The first-order valence-electron chi connectivity index (χ1n) is 9.35. The molecule has 0 aliphatic rings. The van der Waals surface area contributed by atoms with E-state index in [1.54, 1.807) is 18.2 Å². The Hall–Kier alpha value is -3.09. The highest BCUT2D eigenvalue weighted by molar-refractivity contribution is 9.10. The predicted octanol–water partition coefficient (Wildman–Crippen LogP) is 6.12. The number of halogens is 7. The summed E-state index contributed by atoms with van der Waals surface area (Å²) in [6, 6.07) is 8.30. The Morgan fingerprint density at radius 1 is 1.00 bits per heavy atom. The van der Waals surface area contributed by atoms with E-state index in [9.17, 15) is 26.3 Å². The minimum Gasteiger partial charge on any atom is -0.483 e. The van der Waals surface area contributed by atoms with Crippen molar-refractivity contribution in [3.8, 4) is 17.3 Å². The van der Waals surface area contributed by atoms with Crippen LogP contribution in [0.2, 0.25) is 0 Å². The summed E-state index contributed by atoms with van der Waals surface area (Å²) in [5.41, 5.74) is 0.331. The molecule has 2 aromatic heterocycles. The SMILES string of the molecule is FC(F)(F)COc1ccc(CCc2cc3oc(-c4nn[nH]n4)cc3cc2Br)cc1C(F)(F)F. The molecule has 0 aliphatic carbocycles. The van der Waals surface area contributed by atoms with Gasteiger partial charge in [0.05, 0.1) is 5.56 Å². The van der Waals surface area contributed by atoms with Gasteiger partial charge in [-0.25, -0.2) is 0 Å². The predicted molar refractivity (Wildman–Crippen MR) is 107 cm³/mol. The Bertz CT molecular complexity index is 1270. The third-order valence-corrected chi connectivity index (χ3v) is 5.41. The van der Waals surface area contributed by atoms with Gasteiger partial charge < -0.3 is 9.15 Å². The van der Waals surface area contributed by atoms with Gasteiger partial charge in [0.25, 0.3) is 0 Å². The number of tetrazole rings is 1. The Balaban J connectivity index is 1.55. The fourth-order valence-corrected chi connectivity index (χ4v) is 3.75. The minimum absolute atomic E-state index is 0.200. The molecule has 0 fully saturated rings. The third-order valence-electron chi connectivity index (χ3n) is 4.67. The Morgan fingerprint density at radius 2 is 1.79 bits per heavy atom. The number of aromatic nitrogens is 4. The Labute approximate surface area is 190 Å². The van der Waals surface area contributed by atoms with Crippen molar-refractivity contribution in [2.45, 2.75) is 25.2 Å².